The Morgan fingerprint density at radius 2 is 1.77 bits per heavy atom. The summed E-state index contributed by atoms with van der Waals surface area (Å²) in [6, 6.07) is 15.9. The van der Waals surface area contributed by atoms with Crippen molar-refractivity contribution in [3.8, 4) is 0 Å². The zero-order valence-electron chi connectivity index (χ0n) is 14.4. The zero-order chi connectivity index (χ0) is 18.6. The first-order valence-electron chi connectivity index (χ1n) is 8.42. The summed E-state index contributed by atoms with van der Waals surface area (Å²) in [5.41, 5.74) is 0.559. The lowest BCUT2D eigenvalue weighted by Crippen LogP contribution is -2.35. The molecule has 0 fully saturated rings. The SMILES string of the molecule is CCOC(=O)C[C@]1(/C=C/C(=O)c2ccccc2)C(=O)Nc2ccccc21. The van der Waals surface area contributed by atoms with Crippen LogP contribution < -0.4 is 5.32 Å². The van der Waals surface area contributed by atoms with Crippen molar-refractivity contribution >= 4 is 23.3 Å². The number of fused-ring (bicyclic) bond motifs is 1. The molecule has 0 saturated heterocycles. The van der Waals surface area contributed by atoms with Crippen LogP contribution in [0.2, 0.25) is 0 Å². The number of para-hydroxylation sites is 1. The van der Waals surface area contributed by atoms with Gasteiger partial charge in [-0.05, 0) is 24.6 Å². The molecule has 3 rings (SSSR count). The van der Waals surface area contributed by atoms with E-state index in [1.807, 2.05) is 6.07 Å². The molecule has 0 unspecified atom stereocenters. The highest BCUT2D eigenvalue weighted by atomic mass is 16.5. The summed E-state index contributed by atoms with van der Waals surface area (Å²) in [4.78, 5) is 37.4. The van der Waals surface area contributed by atoms with Crippen molar-refractivity contribution in [1.82, 2.24) is 0 Å². The number of amides is 1. The lowest BCUT2D eigenvalue weighted by molar-refractivity contribution is -0.145. The van der Waals surface area contributed by atoms with Gasteiger partial charge in [-0.2, -0.15) is 0 Å². The zero-order valence-corrected chi connectivity index (χ0v) is 14.4. The molecule has 26 heavy (non-hydrogen) atoms. The molecule has 1 amide bonds. The molecule has 5 heteroatoms. The smallest absolute Gasteiger partial charge is 0.307 e. The molecule has 1 aliphatic rings. The number of esters is 1. The van der Waals surface area contributed by atoms with Crippen LogP contribution in [0, 0.1) is 0 Å². The number of hydrogen-bond donors (Lipinski definition) is 1. The maximum absolute atomic E-state index is 12.8. The van der Waals surface area contributed by atoms with Crippen LogP contribution in [-0.2, 0) is 19.7 Å². The summed E-state index contributed by atoms with van der Waals surface area (Å²) in [7, 11) is 0. The van der Waals surface area contributed by atoms with Crippen LogP contribution in [-0.4, -0.2) is 24.3 Å². The van der Waals surface area contributed by atoms with Crippen LogP contribution in [0.25, 0.3) is 0 Å². The number of nitrogens with one attached hydrogen (secondary N) is 1. The number of rotatable bonds is 6. The van der Waals surface area contributed by atoms with Crippen LogP contribution in [0.3, 0.4) is 0 Å². The van der Waals surface area contributed by atoms with Gasteiger partial charge in [0.15, 0.2) is 5.78 Å². The molecule has 0 spiro atoms. The molecule has 0 aliphatic carbocycles. The molecule has 0 saturated carbocycles. The van der Waals surface area contributed by atoms with Crippen LogP contribution in [0.15, 0.2) is 66.7 Å². The van der Waals surface area contributed by atoms with Crippen LogP contribution >= 0.6 is 0 Å². The van der Waals surface area contributed by atoms with Gasteiger partial charge < -0.3 is 10.1 Å². The van der Waals surface area contributed by atoms with Gasteiger partial charge in [0.1, 0.15) is 5.41 Å². The van der Waals surface area contributed by atoms with E-state index in [-0.39, 0.29) is 24.7 Å². The Balaban J connectivity index is 1.99. The van der Waals surface area contributed by atoms with Crippen molar-refractivity contribution in [2.75, 3.05) is 11.9 Å². The number of benzene rings is 2. The van der Waals surface area contributed by atoms with Gasteiger partial charge >= 0.3 is 5.97 Å². The van der Waals surface area contributed by atoms with Crippen molar-refractivity contribution in [3.05, 3.63) is 77.9 Å². The predicted molar refractivity (Wildman–Crippen MR) is 97.9 cm³/mol. The molecule has 2 aromatic carbocycles. The van der Waals surface area contributed by atoms with Gasteiger partial charge in [-0.3, -0.25) is 14.4 Å². The summed E-state index contributed by atoms with van der Waals surface area (Å²) < 4.78 is 5.05. The molecule has 0 radical (unpaired) electrons. The van der Waals surface area contributed by atoms with Crippen LogP contribution in [0.5, 0.6) is 0 Å². The first kappa shape index (κ1) is 17.6. The maximum Gasteiger partial charge on any atom is 0.307 e. The molecule has 2 aromatic rings. The van der Waals surface area contributed by atoms with E-state index in [4.69, 9.17) is 4.74 Å². The third kappa shape index (κ3) is 3.28. The fourth-order valence-corrected chi connectivity index (χ4v) is 3.09. The standard InChI is InChI=1S/C21H19NO4/c1-2-26-19(24)14-21(13-12-18(23)15-8-4-3-5-9-15)16-10-6-7-11-17(16)22-20(21)25/h3-13H,2,14H2,1H3,(H,22,25)/b13-12+/t21-/m0/s1. The topological polar surface area (TPSA) is 72.5 Å². The van der Waals surface area contributed by atoms with Crippen molar-refractivity contribution in [2.45, 2.75) is 18.8 Å². The Morgan fingerprint density at radius 1 is 1.08 bits per heavy atom. The number of carbonyl (C=O) groups excluding carboxylic acids is 3. The number of carbonyl (C=O) groups is 3. The number of ketones is 1. The summed E-state index contributed by atoms with van der Waals surface area (Å²) in [5.74, 6) is -1.06. The van der Waals surface area contributed by atoms with E-state index in [0.29, 0.717) is 16.8 Å². The van der Waals surface area contributed by atoms with Gasteiger partial charge in [-0.1, -0.05) is 54.6 Å². The van der Waals surface area contributed by atoms with E-state index >= 15 is 0 Å². The molecule has 132 valence electrons. The average Bonchev–Trinajstić information content (AvgIpc) is 2.92. The van der Waals surface area contributed by atoms with E-state index in [1.54, 1.807) is 55.5 Å². The van der Waals surface area contributed by atoms with Gasteiger partial charge in [0.2, 0.25) is 5.91 Å². The molecule has 1 atom stereocenters. The molecular formula is C21H19NO4. The second-order valence-corrected chi connectivity index (χ2v) is 6.02. The average molecular weight is 349 g/mol. The van der Waals surface area contributed by atoms with E-state index in [2.05, 4.69) is 5.32 Å². The Hall–Kier alpha value is -3.21. The first-order valence-corrected chi connectivity index (χ1v) is 8.42. The molecule has 0 aromatic heterocycles. The van der Waals surface area contributed by atoms with Gasteiger partial charge in [0, 0.05) is 11.3 Å². The van der Waals surface area contributed by atoms with Crippen molar-refractivity contribution < 1.29 is 19.1 Å². The third-order valence-corrected chi connectivity index (χ3v) is 4.37. The minimum Gasteiger partial charge on any atom is -0.466 e. The van der Waals surface area contributed by atoms with Gasteiger partial charge in [0.25, 0.3) is 0 Å². The van der Waals surface area contributed by atoms with E-state index < -0.39 is 11.4 Å². The Kier molecular flexibility index (Phi) is 4.98. The van der Waals surface area contributed by atoms with E-state index in [1.165, 1.54) is 12.2 Å². The van der Waals surface area contributed by atoms with Gasteiger partial charge in [-0.15, -0.1) is 0 Å². The minimum atomic E-state index is -1.26. The number of ether oxygens (including phenoxy) is 1. The van der Waals surface area contributed by atoms with Crippen LogP contribution in [0.4, 0.5) is 5.69 Å². The summed E-state index contributed by atoms with van der Waals surface area (Å²) in [5, 5.41) is 2.79. The summed E-state index contributed by atoms with van der Waals surface area (Å²) in [6.07, 6.45) is 2.71. The minimum absolute atomic E-state index is 0.164. The molecule has 1 heterocycles. The monoisotopic (exact) mass is 349 g/mol. The quantitative estimate of drug-likeness (QED) is 0.493. The highest BCUT2D eigenvalue weighted by Gasteiger charge is 2.46. The Bertz CT molecular complexity index is 873. The van der Waals surface area contributed by atoms with Crippen LogP contribution in [0.1, 0.15) is 29.3 Å². The fraction of sp³-hybridized carbons (Fsp3) is 0.190. The third-order valence-electron chi connectivity index (χ3n) is 4.37. The summed E-state index contributed by atoms with van der Waals surface area (Å²) >= 11 is 0. The molecule has 5 nitrogen and oxygen atoms in total. The van der Waals surface area contributed by atoms with Gasteiger partial charge in [0.05, 0.1) is 13.0 Å². The fourth-order valence-electron chi connectivity index (χ4n) is 3.09. The molecule has 0 bridgehead atoms. The largest absolute Gasteiger partial charge is 0.466 e. The lowest BCUT2D eigenvalue weighted by atomic mass is 9.78. The van der Waals surface area contributed by atoms with Gasteiger partial charge in [-0.25, -0.2) is 0 Å². The number of anilines is 1. The maximum atomic E-state index is 12.8. The first-order chi connectivity index (χ1) is 12.6. The Morgan fingerprint density at radius 3 is 2.50 bits per heavy atom. The highest BCUT2D eigenvalue weighted by Crippen LogP contribution is 2.41. The van der Waals surface area contributed by atoms with Crippen molar-refractivity contribution in [3.63, 3.8) is 0 Å². The normalized spacial score (nSPS) is 18.4. The second kappa shape index (κ2) is 7.35. The Labute approximate surface area is 151 Å². The number of hydrogen-bond acceptors (Lipinski definition) is 4. The second-order valence-electron chi connectivity index (χ2n) is 6.02. The lowest BCUT2D eigenvalue weighted by Gasteiger charge is -2.22. The van der Waals surface area contributed by atoms with E-state index in [9.17, 15) is 14.4 Å². The predicted octanol–water partition coefficient (Wildman–Crippen LogP) is 3.27. The van der Waals surface area contributed by atoms with Crippen molar-refractivity contribution in [1.29, 1.82) is 0 Å². The molecule has 1 aliphatic heterocycles. The molecule has 1 N–H and O–H groups in total. The molecular weight excluding hydrogens is 330 g/mol. The van der Waals surface area contributed by atoms with Crippen molar-refractivity contribution in [2.24, 2.45) is 0 Å². The summed E-state index contributed by atoms with van der Waals surface area (Å²) in [6.45, 7) is 1.94. The highest BCUT2D eigenvalue weighted by molar-refractivity contribution is 6.11. The number of allylic oxidation sites excluding steroid dienone is 1. The van der Waals surface area contributed by atoms with E-state index in [0.717, 1.165) is 0 Å².